The molecule has 0 aromatic heterocycles. The van der Waals surface area contributed by atoms with Crippen LogP contribution in [-0.4, -0.2) is 51.3 Å². The van der Waals surface area contributed by atoms with E-state index in [1.165, 1.54) is 0 Å². The molecular formula is C9H16B2O3. The lowest BCUT2D eigenvalue weighted by Crippen LogP contribution is -2.30. The van der Waals surface area contributed by atoms with E-state index in [9.17, 15) is 0 Å². The van der Waals surface area contributed by atoms with E-state index in [0.29, 0.717) is 0 Å². The normalized spacial score (nSPS) is 35.4. The molecule has 4 atom stereocenters. The summed E-state index contributed by atoms with van der Waals surface area (Å²) in [7, 11) is 11.6. The number of hydrogen-bond acceptors (Lipinski definition) is 3. The van der Waals surface area contributed by atoms with Gasteiger partial charge in [-0.15, -0.1) is 0 Å². The van der Waals surface area contributed by atoms with E-state index in [1.54, 1.807) is 0 Å². The maximum atomic E-state index is 9.09. The van der Waals surface area contributed by atoms with Crippen molar-refractivity contribution in [2.75, 3.05) is 13.2 Å². The zero-order chi connectivity index (χ0) is 10.6. The quantitative estimate of drug-likeness (QED) is 0.610. The summed E-state index contributed by atoms with van der Waals surface area (Å²) in [6.45, 7) is -0.157. The molecule has 1 rings (SSSR count). The Hall–Kier alpha value is 0.00987. The van der Waals surface area contributed by atoms with Crippen LogP contribution in [-0.2, 0) is 4.74 Å². The van der Waals surface area contributed by atoms with Crippen LogP contribution in [0.5, 0.6) is 0 Å². The number of hydrogen-bond donors (Lipinski definition) is 2. The molecule has 1 saturated carbocycles. The third kappa shape index (κ3) is 3.64. The predicted molar refractivity (Wildman–Crippen MR) is 55.7 cm³/mol. The zero-order valence-corrected chi connectivity index (χ0v) is 8.30. The summed E-state index contributed by atoms with van der Waals surface area (Å²) < 4.78 is 5.40. The number of aliphatic hydroxyl groups is 2. The van der Waals surface area contributed by atoms with Crippen molar-refractivity contribution in [3.05, 3.63) is 0 Å². The summed E-state index contributed by atoms with van der Waals surface area (Å²) in [5, 5.41) is 17.7. The van der Waals surface area contributed by atoms with Crippen LogP contribution in [0.15, 0.2) is 0 Å². The van der Waals surface area contributed by atoms with Gasteiger partial charge in [-0.3, -0.25) is 0 Å². The number of aliphatic hydroxyl groups excluding tert-OH is 2. The minimum absolute atomic E-state index is 0.000642. The molecule has 1 aliphatic carbocycles. The lowest BCUT2D eigenvalue weighted by molar-refractivity contribution is -0.0389. The molecule has 0 saturated heterocycles. The highest BCUT2D eigenvalue weighted by Gasteiger charge is 2.25. The summed E-state index contributed by atoms with van der Waals surface area (Å²) in [4.78, 5) is 0. The Labute approximate surface area is 87.7 Å². The van der Waals surface area contributed by atoms with Gasteiger partial charge in [0.25, 0.3) is 0 Å². The maximum absolute atomic E-state index is 9.09. The molecule has 0 amide bonds. The van der Waals surface area contributed by atoms with Gasteiger partial charge in [0.15, 0.2) is 0 Å². The Morgan fingerprint density at radius 1 is 1.36 bits per heavy atom. The van der Waals surface area contributed by atoms with Crippen molar-refractivity contribution >= 4 is 15.7 Å². The standard InChI is InChI=1S/C9H16B2O3/c10-6-1-2-8(11)9(3-6)14-5-7(13)4-12/h6-9,12-13H,1-5H2. The van der Waals surface area contributed by atoms with Crippen LogP contribution in [0.2, 0.25) is 11.6 Å². The molecule has 0 heterocycles. The Morgan fingerprint density at radius 3 is 2.71 bits per heavy atom. The first-order valence-electron chi connectivity index (χ1n) is 5.05. The van der Waals surface area contributed by atoms with Crippen molar-refractivity contribution in [1.29, 1.82) is 0 Å². The molecule has 14 heavy (non-hydrogen) atoms. The minimum atomic E-state index is -0.819. The first-order valence-corrected chi connectivity index (χ1v) is 5.05. The molecule has 1 aliphatic rings. The van der Waals surface area contributed by atoms with Crippen molar-refractivity contribution in [1.82, 2.24) is 0 Å². The summed E-state index contributed by atoms with van der Waals surface area (Å²) >= 11 is 0. The number of rotatable bonds is 4. The van der Waals surface area contributed by atoms with Crippen molar-refractivity contribution in [2.24, 2.45) is 0 Å². The van der Waals surface area contributed by atoms with Crippen LogP contribution >= 0.6 is 0 Å². The predicted octanol–water partition coefficient (Wildman–Crippen LogP) is -0.177. The van der Waals surface area contributed by atoms with Gasteiger partial charge in [-0.1, -0.05) is 24.5 Å². The second kappa shape index (κ2) is 5.79. The van der Waals surface area contributed by atoms with Crippen molar-refractivity contribution in [2.45, 2.75) is 43.1 Å². The third-order valence-corrected chi connectivity index (χ3v) is 2.60. The molecule has 3 nitrogen and oxygen atoms in total. The maximum Gasteiger partial charge on any atom is 0.100 e. The third-order valence-electron chi connectivity index (χ3n) is 2.60. The SMILES string of the molecule is [B]C1CCC([B])C(OCC(O)CO)C1. The van der Waals surface area contributed by atoms with Crippen LogP contribution in [0.3, 0.4) is 0 Å². The van der Waals surface area contributed by atoms with E-state index >= 15 is 0 Å². The Balaban J connectivity index is 2.27. The molecule has 0 bridgehead atoms. The highest BCUT2D eigenvalue weighted by atomic mass is 16.5. The van der Waals surface area contributed by atoms with Gasteiger partial charge in [-0.25, -0.2) is 0 Å². The highest BCUT2D eigenvalue weighted by molar-refractivity contribution is 6.14. The smallest absolute Gasteiger partial charge is 0.100 e. The van der Waals surface area contributed by atoms with Crippen LogP contribution < -0.4 is 0 Å². The van der Waals surface area contributed by atoms with Crippen LogP contribution in [0.4, 0.5) is 0 Å². The van der Waals surface area contributed by atoms with Gasteiger partial charge in [-0.2, -0.15) is 0 Å². The van der Waals surface area contributed by atoms with Crippen LogP contribution in [0.1, 0.15) is 19.3 Å². The Kier molecular flexibility index (Phi) is 4.99. The zero-order valence-electron chi connectivity index (χ0n) is 8.30. The van der Waals surface area contributed by atoms with Gasteiger partial charge < -0.3 is 14.9 Å². The Bertz CT molecular complexity index is 168. The van der Waals surface area contributed by atoms with E-state index in [0.717, 1.165) is 19.3 Å². The van der Waals surface area contributed by atoms with Gasteiger partial charge in [0.05, 0.1) is 35.0 Å². The first-order chi connectivity index (χ1) is 6.63. The summed E-state index contributed by atoms with van der Waals surface area (Å²) in [5.74, 6) is 0.145. The molecule has 0 aromatic carbocycles. The second-order valence-electron chi connectivity index (χ2n) is 3.95. The largest absolute Gasteiger partial charge is 0.394 e. The first kappa shape index (κ1) is 12.1. The number of ether oxygens (including phenoxy) is 1. The van der Waals surface area contributed by atoms with Gasteiger partial charge in [-0.05, 0) is 6.42 Å². The fraction of sp³-hybridized carbons (Fsp3) is 1.00. The van der Waals surface area contributed by atoms with E-state index in [1.807, 2.05) is 0 Å². The molecule has 0 aromatic rings. The molecular weight excluding hydrogens is 178 g/mol. The van der Waals surface area contributed by atoms with Crippen LogP contribution in [0.25, 0.3) is 0 Å². The molecule has 0 aliphatic heterocycles. The van der Waals surface area contributed by atoms with E-state index < -0.39 is 6.10 Å². The van der Waals surface area contributed by atoms with Crippen molar-refractivity contribution < 1.29 is 14.9 Å². The summed E-state index contributed by atoms with van der Waals surface area (Å²) in [6, 6.07) is 0. The fourth-order valence-electron chi connectivity index (χ4n) is 1.66. The molecule has 4 unspecified atom stereocenters. The van der Waals surface area contributed by atoms with Gasteiger partial charge in [0.2, 0.25) is 0 Å². The van der Waals surface area contributed by atoms with Gasteiger partial charge in [0, 0.05) is 0 Å². The molecule has 76 valence electrons. The Morgan fingerprint density at radius 2 is 2.07 bits per heavy atom. The van der Waals surface area contributed by atoms with Gasteiger partial charge in [0.1, 0.15) is 6.10 Å². The lowest BCUT2D eigenvalue weighted by Gasteiger charge is -2.33. The monoisotopic (exact) mass is 194 g/mol. The van der Waals surface area contributed by atoms with E-state index in [-0.39, 0.29) is 31.0 Å². The highest BCUT2D eigenvalue weighted by Crippen LogP contribution is 2.34. The fourth-order valence-corrected chi connectivity index (χ4v) is 1.66. The summed E-state index contributed by atoms with van der Waals surface area (Å²) in [5.41, 5.74) is 0. The lowest BCUT2D eigenvalue weighted by atomic mass is 9.64. The topological polar surface area (TPSA) is 49.7 Å². The van der Waals surface area contributed by atoms with Crippen LogP contribution in [0, 0.1) is 0 Å². The molecule has 4 radical (unpaired) electrons. The average molecular weight is 194 g/mol. The minimum Gasteiger partial charge on any atom is -0.394 e. The van der Waals surface area contributed by atoms with Crippen molar-refractivity contribution in [3.63, 3.8) is 0 Å². The molecule has 0 spiro atoms. The molecule has 2 N–H and O–H groups in total. The van der Waals surface area contributed by atoms with E-state index in [4.69, 9.17) is 30.6 Å². The van der Waals surface area contributed by atoms with Gasteiger partial charge >= 0.3 is 0 Å². The van der Waals surface area contributed by atoms with E-state index in [2.05, 4.69) is 0 Å². The average Bonchev–Trinajstić information content (AvgIpc) is 2.19. The molecule has 1 fully saturated rings. The molecule has 5 heteroatoms. The van der Waals surface area contributed by atoms with Crippen molar-refractivity contribution in [3.8, 4) is 0 Å². The second-order valence-corrected chi connectivity index (χ2v) is 3.95. The summed E-state index contributed by atoms with van der Waals surface area (Å²) in [6.07, 6.45) is 1.63.